The lowest BCUT2D eigenvalue weighted by molar-refractivity contribution is -0.131. The van der Waals surface area contributed by atoms with Crippen molar-refractivity contribution in [1.82, 2.24) is 9.88 Å². The molecule has 1 amide bonds. The minimum Gasteiger partial charge on any atom is -0.342 e. The van der Waals surface area contributed by atoms with Crippen LogP contribution in [0, 0.1) is 5.92 Å². The van der Waals surface area contributed by atoms with Gasteiger partial charge in [0.25, 0.3) is 0 Å². The lowest BCUT2D eigenvalue weighted by Crippen LogP contribution is -2.33. The van der Waals surface area contributed by atoms with Gasteiger partial charge < -0.3 is 4.90 Å². The van der Waals surface area contributed by atoms with Gasteiger partial charge in [-0.1, -0.05) is 19.1 Å². The quantitative estimate of drug-likeness (QED) is 0.777. The maximum atomic E-state index is 12.4. The zero-order chi connectivity index (χ0) is 14.7. The molecule has 1 aromatic heterocycles. The van der Waals surface area contributed by atoms with Crippen LogP contribution in [0.1, 0.15) is 37.6 Å². The van der Waals surface area contributed by atoms with E-state index in [0.717, 1.165) is 42.4 Å². The summed E-state index contributed by atoms with van der Waals surface area (Å²) in [7, 11) is 0. The standard InChI is InChI=1S/C17H22N2OS/c1-2-11-19(12-13-7-8-13)17(20)10-9-16-18-14-5-3-4-6-15(14)21-16/h3-6,13H,2,7-12H2,1H3. The van der Waals surface area contributed by atoms with Crippen LogP contribution in [-0.2, 0) is 11.2 Å². The lowest BCUT2D eigenvalue weighted by Gasteiger charge is -2.21. The van der Waals surface area contributed by atoms with E-state index in [2.05, 4.69) is 22.9 Å². The minimum absolute atomic E-state index is 0.294. The third-order valence-corrected chi connectivity index (χ3v) is 5.01. The van der Waals surface area contributed by atoms with Crippen LogP contribution in [-0.4, -0.2) is 28.9 Å². The summed E-state index contributed by atoms with van der Waals surface area (Å²) in [6.45, 7) is 4.00. The first-order chi connectivity index (χ1) is 10.3. The summed E-state index contributed by atoms with van der Waals surface area (Å²) in [5.41, 5.74) is 1.05. The highest BCUT2D eigenvalue weighted by Crippen LogP contribution is 2.30. The molecule has 0 radical (unpaired) electrons. The smallest absolute Gasteiger partial charge is 0.222 e. The third-order valence-electron chi connectivity index (χ3n) is 3.91. The first-order valence-corrected chi connectivity index (χ1v) is 8.70. The molecule has 1 fully saturated rings. The van der Waals surface area contributed by atoms with E-state index in [1.165, 1.54) is 17.5 Å². The Morgan fingerprint density at radius 3 is 2.90 bits per heavy atom. The Bertz CT molecular complexity index is 585. The number of benzene rings is 1. The first-order valence-electron chi connectivity index (χ1n) is 7.88. The van der Waals surface area contributed by atoms with Crippen molar-refractivity contribution in [3.05, 3.63) is 29.3 Å². The van der Waals surface area contributed by atoms with Gasteiger partial charge in [0.1, 0.15) is 0 Å². The maximum absolute atomic E-state index is 12.4. The van der Waals surface area contributed by atoms with Gasteiger partial charge in [0, 0.05) is 25.9 Å². The predicted octanol–water partition coefficient (Wildman–Crippen LogP) is 3.88. The molecule has 2 aromatic rings. The molecule has 0 atom stereocenters. The Labute approximate surface area is 130 Å². The summed E-state index contributed by atoms with van der Waals surface area (Å²) in [6.07, 6.45) is 4.99. The molecule has 1 saturated carbocycles. The molecule has 1 aliphatic carbocycles. The molecule has 1 aliphatic rings. The monoisotopic (exact) mass is 302 g/mol. The van der Waals surface area contributed by atoms with E-state index in [0.29, 0.717) is 12.3 Å². The van der Waals surface area contributed by atoms with E-state index in [4.69, 9.17) is 0 Å². The van der Waals surface area contributed by atoms with Crippen molar-refractivity contribution in [1.29, 1.82) is 0 Å². The molecule has 0 aliphatic heterocycles. The fourth-order valence-corrected chi connectivity index (χ4v) is 3.57. The molecular weight excluding hydrogens is 280 g/mol. The molecule has 1 aromatic carbocycles. The number of rotatable bonds is 7. The van der Waals surface area contributed by atoms with Crippen molar-refractivity contribution in [2.45, 2.75) is 39.0 Å². The highest BCUT2D eigenvalue weighted by atomic mass is 32.1. The van der Waals surface area contributed by atoms with Crippen molar-refractivity contribution in [2.24, 2.45) is 5.92 Å². The van der Waals surface area contributed by atoms with E-state index < -0.39 is 0 Å². The summed E-state index contributed by atoms with van der Waals surface area (Å²) in [4.78, 5) is 19.1. The van der Waals surface area contributed by atoms with Crippen LogP contribution in [0.2, 0.25) is 0 Å². The summed E-state index contributed by atoms with van der Waals surface area (Å²) < 4.78 is 1.21. The zero-order valence-corrected chi connectivity index (χ0v) is 13.4. The van der Waals surface area contributed by atoms with Gasteiger partial charge in [-0.05, 0) is 37.3 Å². The summed E-state index contributed by atoms with van der Waals surface area (Å²) >= 11 is 1.71. The number of hydrogen-bond donors (Lipinski definition) is 0. The number of amides is 1. The highest BCUT2D eigenvalue weighted by molar-refractivity contribution is 7.18. The number of fused-ring (bicyclic) bond motifs is 1. The largest absolute Gasteiger partial charge is 0.342 e. The maximum Gasteiger partial charge on any atom is 0.222 e. The first kappa shape index (κ1) is 14.5. The molecule has 0 spiro atoms. The normalized spacial score (nSPS) is 14.5. The Hall–Kier alpha value is -1.42. The van der Waals surface area contributed by atoms with Crippen LogP contribution in [0.3, 0.4) is 0 Å². The van der Waals surface area contributed by atoms with Crippen molar-refractivity contribution in [3.8, 4) is 0 Å². The molecular formula is C17H22N2OS. The summed E-state index contributed by atoms with van der Waals surface area (Å²) in [6, 6.07) is 8.17. The van der Waals surface area contributed by atoms with E-state index >= 15 is 0 Å². The van der Waals surface area contributed by atoms with Gasteiger partial charge in [-0.2, -0.15) is 0 Å². The van der Waals surface area contributed by atoms with Crippen LogP contribution < -0.4 is 0 Å². The number of para-hydroxylation sites is 1. The van der Waals surface area contributed by atoms with Crippen LogP contribution in [0.25, 0.3) is 10.2 Å². The topological polar surface area (TPSA) is 33.2 Å². The number of thiazole rings is 1. The molecule has 0 bridgehead atoms. The number of hydrogen-bond acceptors (Lipinski definition) is 3. The van der Waals surface area contributed by atoms with Crippen LogP contribution >= 0.6 is 11.3 Å². The van der Waals surface area contributed by atoms with Crippen molar-refractivity contribution >= 4 is 27.5 Å². The fourth-order valence-electron chi connectivity index (χ4n) is 2.60. The lowest BCUT2D eigenvalue weighted by atomic mass is 10.2. The molecule has 21 heavy (non-hydrogen) atoms. The second-order valence-electron chi connectivity index (χ2n) is 5.86. The molecule has 3 rings (SSSR count). The van der Waals surface area contributed by atoms with Crippen molar-refractivity contribution < 1.29 is 4.79 Å². The fraction of sp³-hybridized carbons (Fsp3) is 0.529. The van der Waals surface area contributed by atoms with Gasteiger partial charge >= 0.3 is 0 Å². The van der Waals surface area contributed by atoms with E-state index in [9.17, 15) is 4.79 Å². The number of aryl methyl sites for hydroxylation is 1. The SMILES string of the molecule is CCCN(CC1CC1)C(=O)CCc1nc2ccccc2s1. The second kappa shape index (κ2) is 6.56. The molecule has 3 nitrogen and oxygen atoms in total. The highest BCUT2D eigenvalue weighted by Gasteiger charge is 2.26. The second-order valence-corrected chi connectivity index (χ2v) is 6.97. The molecule has 0 N–H and O–H groups in total. The van der Waals surface area contributed by atoms with Gasteiger partial charge in [0.15, 0.2) is 0 Å². The van der Waals surface area contributed by atoms with Gasteiger partial charge in [-0.15, -0.1) is 11.3 Å². The average molecular weight is 302 g/mol. The third kappa shape index (κ3) is 3.82. The predicted molar refractivity (Wildman–Crippen MR) is 87.5 cm³/mol. The van der Waals surface area contributed by atoms with Crippen LogP contribution in [0.5, 0.6) is 0 Å². The van der Waals surface area contributed by atoms with Gasteiger partial charge in [-0.3, -0.25) is 4.79 Å². The van der Waals surface area contributed by atoms with E-state index in [1.54, 1.807) is 11.3 Å². The van der Waals surface area contributed by atoms with Crippen molar-refractivity contribution in [2.75, 3.05) is 13.1 Å². The van der Waals surface area contributed by atoms with Gasteiger partial charge in [-0.25, -0.2) is 4.98 Å². The molecule has 112 valence electrons. The Morgan fingerprint density at radius 1 is 1.38 bits per heavy atom. The molecule has 1 heterocycles. The molecule has 0 unspecified atom stereocenters. The summed E-state index contributed by atoms with van der Waals surface area (Å²) in [5.74, 6) is 1.06. The summed E-state index contributed by atoms with van der Waals surface area (Å²) in [5, 5.41) is 1.08. The van der Waals surface area contributed by atoms with E-state index in [-0.39, 0.29) is 0 Å². The van der Waals surface area contributed by atoms with Gasteiger partial charge in [0.05, 0.1) is 15.2 Å². The average Bonchev–Trinajstić information content (AvgIpc) is 3.21. The Morgan fingerprint density at radius 2 is 2.19 bits per heavy atom. The van der Waals surface area contributed by atoms with Gasteiger partial charge in [0.2, 0.25) is 5.91 Å². The number of nitrogens with zero attached hydrogens (tertiary/aromatic N) is 2. The van der Waals surface area contributed by atoms with Crippen LogP contribution in [0.15, 0.2) is 24.3 Å². The zero-order valence-electron chi connectivity index (χ0n) is 12.5. The Kier molecular flexibility index (Phi) is 4.54. The number of carbonyl (C=O) groups is 1. The van der Waals surface area contributed by atoms with E-state index in [1.807, 2.05) is 18.2 Å². The number of aromatic nitrogens is 1. The van der Waals surface area contributed by atoms with Crippen molar-refractivity contribution in [3.63, 3.8) is 0 Å². The van der Waals surface area contributed by atoms with Crippen LogP contribution in [0.4, 0.5) is 0 Å². The minimum atomic E-state index is 0.294. The Balaban J connectivity index is 1.58. The number of carbonyl (C=O) groups excluding carboxylic acids is 1. The molecule has 4 heteroatoms. The molecule has 0 saturated heterocycles.